The molecule has 4 rings (SSSR count). The Labute approximate surface area is 146 Å². The van der Waals surface area contributed by atoms with Gasteiger partial charge < -0.3 is 4.40 Å². The lowest BCUT2D eigenvalue weighted by Crippen LogP contribution is -2.12. The quantitative estimate of drug-likeness (QED) is 0.602. The van der Waals surface area contributed by atoms with Gasteiger partial charge in [-0.1, -0.05) is 0 Å². The van der Waals surface area contributed by atoms with Crippen LogP contribution in [0.25, 0.3) is 16.9 Å². The number of pyridine rings is 1. The Balaban J connectivity index is 1.55. The van der Waals surface area contributed by atoms with E-state index < -0.39 is 0 Å². The van der Waals surface area contributed by atoms with Crippen molar-refractivity contribution in [3.63, 3.8) is 0 Å². The Morgan fingerprint density at radius 1 is 1.20 bits per heavy atom. The number of carbonyl (C=O) groups is 1. The van der Waals surface area contributed by atoms with Crippen molar-refractivity contribution in [2.45, 2.75) is 6.92 Å². The summed E-state index contributed by atoms with van der Waals surface area (Å²) in [7, 11) is 0. The molecule has 0 bridgehead atoms. The van der Waals surface area contributed by atoms with E-state index in [4.69, 9.17) is 0 Å². The third-order valence-corrected chi connectivity index (χ3v) is 4.47. The maximum atomic E-state index is 13.0. The molecule has 7 heteroatoms. The fraction of sp³-hybridized carbons (Fsp3) is 0.0556. The first-order chi connectivity index (χ1) is 12.1. The number of nitrogens with zero attached hydrogens (tertiary/aromatic N) is 3. The van der Waals surface area contributed by atoms with Crippen LogP contribution in [0, 0.1) is 12.7 Å². The van der Waals surface area contributed by atoms with Gasteiger partial charge in [0.25, 0.3) is 5.91 Å². The third-order valence-electron chi connectivity index (χ3n) is 3.71. The lowest BCUT2D eigenvalue weighted by Gasteiger charge is -1.98. The van der Waals surface area contributed by atoms with Crippen molar-refractivity contribution in [3.05, 3.63) is 71.2 Å². The van der Waals surface area contributed by atoms with Crippen molar-refractivity contribution in [1.82, 2.24) is 14.4 Å². The standard InChI is InChI=1S/C18H13FN4OS/c1-11-6-7-23-9-14(20-16(23)8-11)17(24)22-18-21-15(10-25-18)12-2-4-13(19)5-3-12/h2-10H,1H3,(H,21,22,24). The molecular formula is C18H13FN4OS. The van der Waals surface area contributed by atoms with Gasteiger partial charge in [-0.2, -0.15) is 0 Å². The van der Waals surface area contributed by atoms with E-state index >= 15 is 0 Å². The first-order valence-corrected chi connectivity index (χ1v) is 8.45. The number of nitrogens with one attached hydrogen (secondary N) is 1. The van der Waals surface area contributed by atoms with Gasteiger partial charge in [0.05, 0.1) is 5.69 Å². The molecule has 0 fully saturated rings. The molecule has 1 N–H and O–H groups in total. The van der Waals surface area contributed by atoms with Gasteiger partial charge in [-0.05, 0) is 48.9 Å². The average molecular weight is 352 g/mol. The maximum absolute atomic E-state index is 13.0. The molecule has 1 aromatic carbocycles. The monoisotopic (exact) mass is 352 g/mol. The average Bonchev–Trinajstić information content (AvgIpc) is 3.22. The summed E-state index contributed by atoms with van der Waals surface area (Å²) in [6, 6.07) is 9.93. The minimum absolute atomic E-state index is 0.297. The number of carbonyl (C=O) groups excluding carboxylic acids is 1. The number of aryl methyl sites for hydroxylation is 1. The van der Waals surface area contributed by atoms with Gasteiger partial charge in [-0.25, -0.2) is 14.4 Å². The predicted octanol–water partition coefficient (Wildman–Crippen LogP) is 4.16. The van der Waals surface area contributed by atoms with Gasteiger partial charge in [0.15, 0.2) is 5.13 Å². The molecule has 0 unspecified atom stereocenters. The van der Waals surface area contributed by atoms with Gasteiger partial charge in [-0.3, -0.25) is 10.1 Å². The van der Waals surface area contributed by atoms with Crippen molar-refractivity contribution < 1.29 is 9.18 Å². The number of hydrogen-bond donors (Lipinski definition) is 1. The molecule has 0 saturated carbocycles. The van der Waals surface area contributed by atoms with Crippen molar-refractivity contribution in [2.75, 3.05) is 5.32 Å². The second kappa shape index (κ2) is 6.10. The zero-order chi connectivity index (χ0) is 17.4. The molecule has 0 spiro atoms. The molecule has 1 amide bonds. The fourth-order valence-corrected chi connectivity index (χ4v) is 3.15. The molecule has 25 heavy (non-hydrogen) atoms. The van der Waals surface area contributed by atoms with Gasteiger partial charge in [0.2, 0.25) is 0 Å². The van der Waals surface area contributed by atoms with Crippen LogP contribution in [-0.2, 0) is 0 Å². The van der Waals surface area contributed by atoms with E-state index in [1.165, 1.54) is 23.5 Å². The number of fused-ring (bicyclic) bond motifs is 1. The molecule has 4 aromatic rings. The number of rotatable bonds is 3. The molecule has 3 aromatic heterocycles. The predicted molar refractivity (Wildman–Crippen MR) is 95.4 cm³/mol. The minimum atomic E-state index is -0.318. The van der Waals surface area contributed by atoms with E-state index in [1.807, 2.05) is 30.6 Å². The molecule has 0 radical (unpaired) electrons. The lowest BCUT2D eigenvalue weighted by molar-refractivity contribution is 0.102. The Hall–Kier alpha value is -3.06. The largest absolute Gasteiger partial charge is 0.306 e. The maximum Gasteiger partial charge on any atom is 0.277 e. The van der Waals surface area contributed by atoms with Crippen molar-refractivity contribution in [1.29, 1.82) is 0 Å². The highest BCUT2D eigenvalue weighted by Gasteiger charge is 2.13. The van der Waals surface area contributed by atoms with E-state index in [2.05, 4.69) is 15.3 Å². The van der Waals surface area contributed by atoms with Crippen molar-refractivity contribution >= 4 is 28.0 Å². The molecule has 0 aliphatic rings. The fourth-order valence-electron chi connectivity index (χ4n) is 2.44. The van der Waals surface area contributed by atoms with Crippen molar-refractivity contribution in [3.8, 4) is 11.3 Å². The van der Waals surface area contributed by atoms with E-state index in [0.717, 1.165) is 16.8 Å². The molecule has 0 atom stereocenters. The van der Waals surface area contributed by atoms with Crippen LogP contribution >= 0.6 is 11.3 Å². The molecule has 5 nitrogen and oxygen atoms in total. The number of aromatic nitrogens is 3. The van der Waals surface area contributed by atoms with E-state index in [-0.39, 0.29) is 11.7 Å². The zero-order valence-electron chi connectivity index (χ0n) is 13.2. The van der Waals surface area contributed by atoms with E-state index in [9.17, 15) is 9.18 Å². The van der Waals surface area contributed by atoms with Gasteiger partial charge >= 0.3 is 0 Å². The summed E-state index contributed by atoms with van der Waals surface area (Å²) in [6.07, 6.45) is 3.54. The normalized spacial score (nSPS) is 11.0. The summed E-state index contributed by atoms with van der Waals surface area (Å²) in [5.74, 6) is -0.615. The SMILES string of the molecule is Cc1ccn2cc(C(=O)Nc3nc(-c4ccc(F)cc4)cs3)nc2c1. The summed E-state index contributed by atoms with van der Waals surface area (Å²) in [4.78, 5) is 21.1. The van der Waals surface area contributed by atoms with Crippen molar-refractivity contribution in [2.24, 2.45) is 0 Å². The molecule has 0 aliphatic heterocycles. The highest BCUT2D eigenvalue weighted by molar-refractivity contribution is 7.14. The molecular weight excluding hydrogens is 339 g/mol. The number of imidazole rings is 1. The zero-order valence-corrected chi connectivity index (χ0v) is 14.0. The molecule has 124 valence electrons. The number of thiazole rings is 1. The van der Waals surface area contributed by atoms with Crippen LogP contribution in [0.4, 0.5) is 9.52 Å². The topological polar surface area (TPSA) is 59.3 Å². The second-order valence-corrected chi connectivity index (χ2v) is 6.45. The Morgan fingerprint density at radius 3 is 2.80 bits per heavy atom. The first-order valence-electron chi connectivity index (χ1n) is 7.57. The van der Waals surface area contributed by atoms with Crippen LogP contribution in [0.5, 0.6) is 0 Å². The third kappa shape index (κ3) is 3.14. The number of amides is 1. The van der Waals surface area contributed by atoms with Crippen LogP contribution in [0.2, 0.25) is 0 Å². The highest BCUT2D eigenvalue weighted by atomic mass is 32.1. The lowest BCUT2D eigenvalue weighted by atomic mass is 10.2. The van der Waals surface area contributed by atoms with Crippen LogP contribution in [0.15, 0.2) is 54.2 Å². The Bertz CT molecular complexity index is 1070. The van der Waals surface area contributed by atoms with Gasteiger partial charge in [0, 0.05) is 23.3 Å². The van der Waals surface area contributed by atoms with Gasteiger partial charge in [0.1, 0.15) is 17.2 Å². The van der Waals surface area contributed by atoms with E-state index in [0.29, 0.717) is 16.5 Å². The number of benzene rings is 1. The number of hydrogen-bond acceptors (Lipinski definition) is 4. The summed E-state index contributed by atoms with van der Waals surface area (Å²) in [6.45, 7) is 1.97. The number of anilines is 1. The Kier molecular flexibility index (Phi) is 3.77. The van der Waals surface area contributed by atoms with Crippen LogP contribution in [0.1, 0.15) is 16.1 Å². The first kappa shape index (κ1) is 15.5. The summed E-state index contributed by atoms with van der Waals surface area (Å²) in [5, 5.41) is 5.04. The molecule has 0 saturated heterocycles. The molecule has 0 aliphatic carbocycles. The Morgan fingerprint density at radius 2 is 2.00 bits per heavy atom. The van der Waals surface area contributed by atoms with Crippen LogP contribution in [-0.4, -0.2) is 20.3 Å². The summed E-state index contributed by atoms with van der Waals surface area (Å²) < 4.78 is 14.8. The summed E-state index contributed by atoms with van der Waals surface area (Å²) >= 11 is 1.31. The smallest absolute Gasteiger partial charge is 0.277 e. The highest BCUT2D eigenvalue weighted by Crippen LogP contribution is 2.25. The second-order valence-electron chi connectivity index (χ2n) is 5.59. The van der Waals surface area contributed by atoms with E-state index in [1.54, 1.807) is 22.7 Å². The summed E-state index contributed by atoms with van der Waals surface area (Å²) in [5.41, 5.74) is 3.60. The molecule has 3 heterocycles. The minimum Gasteiger partial charge on any atom is -0.306 e. The van der Waals surface area contributed by atoms with Crippen LogP contribution in [0.3, 0.4) is 0 Å². The van der Waals surface area contributed by atoms with Gasteiger partial charge in [-0.15, -0.1) is 11.3 Å². The van der Waals surface area contributed by atoms with Crippen LogP contribution < -0.4 is 5.32 Å². The number of halogens is 1.